The van der Waals surface area contributed by atoms with Gasteiger partial charge in [-0.2, -0.15) is 9.97 Å². The van der Waals surface area contributed by atoms with E-state index in [-0.39, 0.29) is 5.54 Å². The van der Waals surface area contributed by atoms with Gasteiger partial charge in [0.2, 0.25) is 5.95 Å². The molecule has 100 valence electrons. The molecule has 0 bridgehead atoms. The van der Waals surface area contributed by atoms with E-state index in [2.05, 4.69) is 34.0 Å². The Labute approximate surface area is 108 Å². The molecule has 18 heavy (non-hydrogen) atoms. The van der Waals surface area contributed by atoms with E-state index in [0.717, 1.165) is 44.1 Å². The van der Waals surface area contributed by atoms with Crippen LogP contribution in [-0.4, -0.2) is 35.1 Å². The lowest BCUT2D eigenvalue weighted by molar-refractivity contribution is 0.524. The normalized spacial score (nSPS) is 23.4. The number of nitrogens with one attached hydrogen (secondary N) is 1. The van der Waals surface area contributed by atoms with Crippen molar-refractivity contribution >= 4 is 17.6 Å². The molecule has 0 aliphatic carbocycles. The predicted molar refractivity (Wildman–Crippen MR) is 74.6 cm³/mol. The Morgan fingerprint density at radius 1 is 1.50 bits per heavy atom. The van der Waals surface area contributed by atoms with Gasteiger partial charge in [-0.05, 0) is 19.8 Å². The van der Waals surface area contributed by atoms with Crippen LogP contribution in [0.25, 0.3) is 0 Å². The van der Waals surface area contributed by atoms with Crippen molar-refractivity contribution in [3.8, 4) is 0 Å². The van der Waals surface area contributed by atoms with Crippen LogP contribution in [0.3, 0.4) is 0 Å². The molecule has 6 nitrogen and oxygen atoms in total. The van der Waals surface area contributed by atoms with Gasteiger partial charge in [0.1, 0.15) is 11.6 Å². The van der Waals surface area contributed by atoms with Crippen molar-refractivity contribution in [3.05, 3.63) is 6.07 Å². The van der Waals surface area contributed by atoms with Gasteiger partial charge in [0.05, 0.1) is 0 Å². The molecular weight excluding hydrogens is 228 g/mol. The number of hydrogen-bond donors (Lipinski definition) is 3. The van der Waals surface area contributed by atoms with E-state index in [0.29, 0.717) is 5.95 Å². The highest BCUT2D eigenvalue weighted by Crippen LogP contribution is 2.25. The maximum Gasteiger partial charge on any atom is 0.223 e. The first-order chi connectivity index (χ1) is 8.50. The smallest absolute Gasteiger partial charge is 0.223 e. The van der Waals surface area contributed by atoms with Gasteiger partial charge in [0, 0.05) is 31.2 Å². The molecule has 0 aromatic carbocycles. The summed E-state index contributed by atoms with van der Waals surface area (Å²) >= 11 is 0. The zero-order valence-corrected chi connectivity index (χ0v) is 11.1. The topological polar surface area (TPSA) is 93.1 Å². The molecule has 1 aromatic heterocycles. The maximum absolute atomic E-state index is 6.13. The third kappa shape index (κ3) is 3.01. The van der Waals surface area contributed by atoms with Crippen molar-refractivity contribution in [2.75, 3.05) is 35.6 Å². The number of nitrogens with zero attached hydrogens (tertiary/aromatic N) is 3. The van der Waals surface area contributed by atoms with Crippen LogP contribution in [0.15, 0.2) is 6.07 Å². The van der Waals surface area contributed by atoms with Crippen LogP contribution in [0.5, 0.6) is 0 Å². The van der Waals surface area contributed by atoms with Crippen LogP contribution >= 0.6 is 0 Å². The van der Waals surface area contributed by atoms with Gasteiger partial charge in [-0.1, -0.05) is 6.92 Å². The number of hydrogen-bond acceptors (Lipinski definition) is 6. The van der Waals surface area contributed by atoms with Crippen LogP contribution in [0.2, 0.25) is 0 Å². The third-order valence-electron chi connectivity index (χ3n) is 3.11. The molecular formula is C12H22N6. The van der Waals surface area contributed by atoms with E-state index in [1.807, 2.05) is 6.07 Å². The average Bonchev–Trinajstić information content (AvgIpc) is 2.66. The zero-order valence-electron chi connectivity index (χ0n) is 11.1. The van der Waals surface area contributed by atoms with Crippen molar-refractivity contribution in [3.63, 3.8) is 0 Å². The summed E-state index contributed by atoms with van der Waals surface area (Å²) in [4.78, 5) is 10.6. The zero-order chi connectivity index (χ0) is 13.2. The van der Waals surface area contributed by atoms with Crippen LogP contribution in [0.1, 0.15) is 26.7 Å². The predicted octanol–water partition coefficient (Wildman–Crippen LogP) is 0.808. The lowest BCUT2D eigenvalue weighted by Gasteiger charge is -2.21. The summed E-state index contributed by atoms with van der Waals surface area (Å²) in [7, 11) is 0. The Morgan fingerprint density at radius 2 is 2.28 bits per heavy atom. The molecule has 1 fully saturated rings. The van der Waals surface area contributed by atoms with E-state index < -0.39 is 0 Å². The van der Waals surface area contributed by atoms with Crippen LogP contribution < -0.4 is 21.7 Å². The van der Waals surface area contributed by atoms with Gasteiger partial charge in [-0.25, -0.2) is 0 Å². The summed E-state index contributed by atoms with van der Waals surface area (Å²) in [5, 5.41) is 3.23. The third-order valence-corrected chi connectivity index (χ3v) is 3.11. The number of aromatic nitrogens is 2. The Hall–Kier alpha value is -1.56. The molecule has 0 radical (unpaired) electrons. The molecule has 1 saturated heterocycles. The van der Waals surface area contributed by atoms with Crippen LogP contribution in [0, 0.1) is 0 Å². The highest BCUT2D eigenvalue weighted by molar-refractivity contribution is 5.53. The van der Waals surface area contributed by atoms with E-state index in [1.54, 1.807) is 0 Å². The van der Waals surface area contributed by atoms with Gasteiger partial charge < -0.3 is 21.7 Å². The summed E-state index contributed by atoms with van der Waals surface area (Å²) in [6.45, 7) is 6.77. The standard InChI is InChI=1S/C12H22N6/c1-3-5-15-9-7-10(17-11(13)16-9)18-6-4-12(2,14)8-18/h7H,3-6,8,14H2,1-2H3,(H3,13,15,16,17). The first-order valence-electron chi connectivity index (χ1n) is 6.42. The van der Waals surface area contributed by atoms with Crippen molar-refractivity contribution < 1.29 is 0 Å². The molecule has 1 atom stereocenters. The molecule has 1 unspecified atom stereocenters. The monoisotopic (exact) mass is 250 g/mol. The summed E-state index contributed by atoms with van der Waals surface area (Å²) in [6, 6.07) is 1.94. The number of rotatable bonds is 4. The number of nitrogens with two attached hydrogens (primary N) is 2. The fourth-order valence-corrected chi connectivity index (χ4v) is 2.14. The van der Waals surface area contributed by atoms with Crippen LogP contribution in [-0.2, 0) is 0 Å². The van der Waals surface area contributed by atoms with Crippen molar-refractivity contribution in [2.45, 2.75) is 32.2 Å². The first kappa shape index (κ1) is 12.9. The molecule has 6 heteroatoms. The van der Waals surface area contributed by atoms with E-state index in [9.17, 15) is 0 Å². The highest BCUT2D eigenvalue weighted by atomic mass is 15.3. The van der Waals surface area contributed by atoms with Gasteiger partial charge in [-0.15, -0.1) is 0 Å². The average molecular weight is 250 g/mol. The fraction of sp³-hybridized carbons (Fsp3) is 0.667. The number of anilines is 3. The Kier molecular flexibility index (Phi) is 3.56. The van der Waals surface area contributed by atoms with Crippen LogP contribution in [0.4, 0.5) is 17.6 Å². The molecule has 0 amide bonds. The Morgan fingerprint density at radius 3 is 2.89 bits per heavy atom. The van der Waals surface area contributed by atoms with Crippen molar-refractivity contribution in [1.29, 1.82) is 0 Å². The second-order valence-corrected chi connectivity index (χ2v) is 5.22. The van der Waals surface area contributed by atoms with Crippen molar-refractivity contribution in [2.24, 2.45) is 5.73 Å². The van der Waals surface area contributed by atoms with Gasteiger partial charge in [-0.3, -0.25) is 0 Å². The fourth-order valence-electron chi connectivity index (χ4n) is 2.14. The molecule has 0 saturated carbocycles. The minimum Gasteiger partial charge on any atom is -0.370 e. The molecule has 2 heterocycles. The van der Waals surface area contributed by atoms with E-state index in [4.69, 9.17) is 11.5 Å². The molecule has 1 aromatic rings. The quantitative estimate of drug-likeness (QED) is 0.732. The lowest BCUT2D eigenvalue weighted by Crippen LogP contribution is -2.39. The summed E-state index contributed by atoms with van der Waals surface area (Å²) < 4.78 is 0. The molecule has 1 aliphatic rings. The Balaban J connectivity index is 2.15. The summed E-state index contributed by atoms with van der Waals surface area (Å²) in [5.74, 6) is 1.94. The second-order valence-electron chi connectivity index (χ2n) is 5.22. The minimum atomic E-state index is -0.142. The maximum atomic E-state index is 6.13. The summed E-state index contributed by atoms with van der Waals surface area (Å²) in [5.41, 5.74) is 11.7. The van der Waals surface area contributed by atoms with E-state index in [1.165, 1.54) is 0 Å². The first-order valence-corrected chi connectivity index (χ1v) is 6.42. The minimum absolute atomic E-state index is 0.142. The molecule has 1 aliphatic heterocycles. The highest BCUT2D eigenvalue weighted by Gasteiger charge is 2.30. The Bertz CT molecular complexity index is 417. The van der Waals surface area contributed by atoms with E-state index >= 15 is 0 Å². The largest absolute Gasteiger partial charge is 0.370 e. The van der Waals surface area contributed by atoms with Crippen molar-refractivity contribution in [1.82, 2.24) is 9.97 Å². The van der Waals surface area contributed by atoms with Gasteiger partial charge in [0.15, 0.2) is 0 Å². The van der Waals surface area contributed by atoms with Gasteiger partial charge in [0.25, 0.3) is 0 Å². The molecule has 2 rings (SSSR count). The molecule has 0 spiro atoms. The van der Waals surface area contributed by atoms with Gasteiger partial charge >= 0.3 is 0 Å². The lowest BCUT2D eigenvalue weighted by atomic mass is 10.0. The molecule has 5 N–H and O–H groups in total. The second kappa shape index (κ2) is 4.97. The summed E-state index contributed by atoms with van der Waals surface area (Å²) in [6.07, 6.45) is 2.01. The number of nitrogen functional groups attached to an aromatic ring is 1. The SMILES string of the molecule is CCCNc1cc(N2CCC(C)(N)C2)nc(N)n1.